The van der Waals surface area contributed by atoms with Gasteiger partial charge >= 0.3 is 0 Å². The van der Waals surface area contributed by atoms with Crippen molar-refractivity contribution in [1.29, 1.82) is 0 Å². The molecule has 26 heavy (non-hydrogen) atoms. The first-order valence-corrected chi connectivity index (χ1v) is 9.20. The van der Waals surface area contributed by atoms with Gasteiger partial charge in [0, 0.05) is 25.1 Å². The summed E-state index contributed by atoms with van der Waals surface area (Å²) >= 11 is 0. The number of nitrogens with zero attached hydrogens (tertiary/aromatic N) is 6. The van der Waals surface area contributed by atoms with Crippen LogP contribution in [0.1, 0.15) is 37.3 Å². The highest BCUT2D eigenvalue weighted by Gasteiger charge is 2.26. The highest BCUT2D eigenvalue weighted by Crippen LogP contribution is 2.39. The Kier molecular flexibility index (Phi) is 3.88. The lowest BCUT2D eigenvalue weighted by molar-refractivity contribution is 0.215. The molecule has 0 atom stereocenters. The van der Waals surface area contributed by atoms with Crippen molar-refractivity contribution in [3.63, 3.8) is 0 Å². The maximum absolute atomic E-state index is 5.95. The van der Waals surface area contributed by atoms with Crippen LogP contribution in [-0.4, -0.2) is 49.6 Å². The summed E-state index contributed by atoms with van der Waals surface area (Å²) in [6, 6.07) is 2.00. The predicted octanol–water partition coefficient (Wildman–Crippen LogP) is 2.32. The van der Waals surface area contributed by atoms with E-state index < -0.39 is 0 Å². The fourth-order valence-corrected chi connectivity index (χ4v) is 3.54. The van der Waals surface area contributed by atoms with Gasteiger partial charge in [0.2, 0.25) is 5.88 Å². The summed E-state index contributed by atoms with van der Waals surface area (Å²) < 4.78 is 5.95. The van der Waals surface area contributed by atoms with Crippen LogP contribution in [0.15, 0.2) is 25.0 Å². The molecule has 1 saturated heterocycles. The molecule has 1 N–H and O–H groups in total. The molecule has 1 aliphatic carbocycles. The van der Waals surface area contributed by atoms with Crippen molar-refractivity contribution in [2.45, 2.75) is 31.6 Å². The molecule has 1 aliphatic heterocycles. The molecule has 0 bridgehead atoms. The molecule has 0 spiro atoms. The molecule has 0 amide bonds. The molecule has 5 rings (SSSR count). The number of fused-ring (bicyclic) bond motifs is 1. The zero-order chi connectivity index (χ0) is 17.3. The molecular formula is C18H21N7O. The number of nitrogens with one attached hydrogen (secondary N) is 1. The molecular weight excluding hydrogens is 330 g/mol. The first-order valence-electron chi connectivity index (χ1n) is 9.20. The lowest BCUT2D eigenvalue weighted by Crippen LogP contribution is -2.36. The maximum Gasteiger partial charge on any atom is 0.216 e. The lowest BCUT2D eigenvalue weighted by Gasteiger charge is -2.32. The van der Waals surface area contributed by atoms with Gasteiger partial charge in [-0.2, -0.15) is 0 Å². The number of hydrogen-bond acceptors (Lipinski definition) is 7. The molecule has 8 heteroatoms. The van der Waals surface area contributed by atoms with E-state index >= 15 is 0 Å². The molecule has 134 valence electrons. The van der Waals surface area contributed by atoms with Crippen LogP contribution in [0.25, 0.3) is 11.2 Å². The van der Waals surface area contributed by atoms with Crippen molar-refractivity contribution in [3.8, 4) is 5.88 Å². The number of hydrogen-bond donors (Lipinski definition) is 1. The van der Waals surface area contributed by atoms with Crippen LogP contribution in [-0.2, 0) is 0 Å². The van der Waals surface area contributed by atoms with Gasteiger partial charge in [-0.1, -0.05) is 0 Å². The standard InChI is InChI=1S/C18H21N7O/c1-2-13(1)14-7-15(20-9-19-14)26-8-12-3-5-25(6-4-12)18-16-17(22-10-21-16)23-11-24-18/h7,9-13H,1-6,8H2,(H,21,22,23,24). The van der Waals surface area contributed by atoms with E-state index in [0.29, 0.717) is 24.3 Å². The van der Waals surface area contributed by atoms with E-state index in [-0.39, 0.29) is 0 Å². The van der Waals surface area contributed by atoms with E-state index in [2.05, 4.69) is 34.8 Å². The van der Waals surface area contributed by atoms with E-state index in [1.54, 1.807) is 19.0 Å². The Bertz CT molecular complexity index is 899. The number of aromatic nitrogens is 6. The Morgan fingerprint density at radius 1 is 1.00 bits per heavy atom. The van der Waals surface area contributed by atoms with Gasteiger partial charge in [-0.15, -0.1) is 0 Å². The Morgan fingerprint density at radius 3 is 2.69 bits per heavy atom. The molecule has 4 heterocycles. The molecule has 3 aromatic rings. The fraction of sp³-hybridized carbons (Fsp3) is 0.500. The van der Waals surface area contributed by atoms with Crippen molar-refractivity contribution >= 4 is 17.0 Å². The van der Waals surface area contributed by atoms with E-state index in [4.69, 9.17) is 4.74 Å². The van der Waals surface area contributed by atoms with Gasteiger partial charge in [0.15, 0.2) is 11.5 Å². The van der Waals surface area contributed by atoms with Crippen LogP contribution < -0.4 is 9.64 Å². The summed E-state index contributed by atoms with van der Waals surface area (Å²) in [5.41, 5.74) is 2.75. The van der Waals surface area contributed by atoms with Gasteiger partial charge in [0.05, 0.1) is 18.6 Å². The minimum Gasteiger partial charge on any atom is -0.477 e. The monoisotopic (exact) mass is 351 g/mol. The van der Waals surface area contributed by atoms with Crippen molar-refractivity contribution < 1.29 is 4.74 Å². The van der Waals surface area contributed by atoms with Crippen LogP contribution >= 0.6 is 0 Å². The molecule has 0 unspecified atom stereocenters. The molecule has 1 saturated carbocycles. The van der Waals surface area contributed by atoms with Crippen LogP contribution in [0.2, 0.25) is 0 Å². The smallest absolute Gasteiger partial charge is 0.216 e. The number of anilines is 1. The van der Waals surface area contributed by atoms with Crippen molar-refractivity contribution in [3.05, 3.63) is 30.7 Å². The second kappa shape index (κ2) is 6.51. The number of aromatic amines is 1. The summed E-state index contributed by atoms with van der Waals surface area (Å²) in [5.74, 6) is 2.80. The number of piperidine rings is 1. The molecule has 2 fully saturated rings. The Hall–Kier alpha value is -2.77. The van der Waals surface area contributed by atoms with E-state index in [1.807, 2.05) is 6.07 Å². The third-order valence-corrected chi connectivity index (χ3v) is 5.24. The van der Waals surface area contributed by atoms with Crippen molar-refractivity contribution in [1.82, 2.24) is 29.9 Å². The van der Waals surface area contributed by atoms with Gasteiger partial charge in [0.1, 0.15) is 18.2 Å². The van der Waals surface area contributed by atoms with Crippen LogP contribution in [0, 0.1) is 5.92 Å². The summed E-state index contributed by atoms with van der Waals surface area (Å²) in [6.45, 7) is 2.62. The molecule has 0 radical (unpaired) electrons. The van der Waals surface area contributed by atoms with E-state index in [0.717, 1.165) is 48.6 Å². The zero-order valence-corrected chi connectivity index (χ0v) is 14.5. The SMILES string of the molecule is c1nc(OCC2CCN(c3ncnc4nc[nH]c34)CC2)cc(C2CC2)n1. The number of rotatable bonds is 5. The minimum atomic E-state index is 0.532. The zero-order valence-electron chi connectivity index (χ0n) is 14.5. The highest BCUT2D eigenvalue weighted by molar-refractivity contribution is 5.82. The number of ether oxygens (including phenoxy) is 1. The van der Waals surface area contributed by atoms with Crippen molar-refractivity contribution in [2.75, 3.05) is 24.6 Å². The Morgan fingerprint density at radius 2 is 1.85 bits per heavy atom. The average Bonchev–Trinajstić information content (AvgIpc) is 3.44. The first kappa shape index (κ1) is 15.5. The lowest BCUT2D eigenvalue weighted by atomic mass is 9.98. The van der Waals surface area contributed by atoms with Gasteiger partial charge in [-0.25, -0.2) is 24.9 Å². The third kappa shape index (κ3) is 3.07. The second-order valence-electron chi connectivity index (χ2n) is 7.10. The largest absolute Gasteiger partial charge is 0.477 e. The second-order valence-corrected chi connectivity index (χ2v) is 7.10. The minimum absolute atomic E-state index is 0.532. The summed E-state index contributed by atoms with van der Waals surface area (Å²) in [7, 11) is 0. The fourth-order valence-electron chi connectivity index (χ4n) is 3.54. The molecule has 8 nitrogen and oxygen atoms in total. The maximum atomic E-state index is 5.95. The quantitative estimate of drug-likeness (QED) is 0.754. The molecule has 0 aromatic carbocycles. The van der Waals surface area contributed by atoms with E-state index in [9.17, 15) is 0 Å². The number of imidazole rings is 1. The predicted molar refractivity (Wildman–Crippen MR) is 96.1 cm³/mol. The summed E-state index contributed by atoms with van der Waals surface area (Å²) in [6.07, 6.45) is 9.49. The van der Waals surface area contributed by atoms with Gasteiger partial charge in [-0.3, -0.25) is 0 Å². The van der Waals surface area contributed by atoms with Gasteiger partial charge < -0.3 is 14.6 Å². The van der Waals surface area contributed by atoms with Crippen LogP contribution in [0.5, 0.6) is 5.88 Å². The topological polar surface area (TPSA) is 92.7 Å². The van der Waals surface area contributed by atoms with Crippen LogP contribution in [0.4, 0.5) is 5.82 Å². The van der Waals surface area contributed by atoms with Gasteiger partial charge in [0.25, 0.3) is 0 Å². The molecule has 3 aromatic heterocycles. The highest BCUT2D eigenvalue weighted by atomic mass is 16.5. The van der Waals surface area contributed by atoms with Gasteiger partial charge in [-0.05, 0) is 31.6 Å². The first-order chi connectivity index (χ1) is 12.9. The Balaban J connectivity index is 1.18. The molecule has 2 aliphatic rings. The third-order valence-electron chi connectivity index (χ3n) is 5.24. The van der Waals surface area contributed by atoms with E-state index in [1.165, 1.54) is 12.8 Å². The van der Waals surface area contributed by atoms with Crippen LogP contribution in [0.3, 0.4) is 0 Å². The number of H-pyrrole nitrogens is 1. The normalized spacial score (nSPS) is 18.4. The summed E-state index contributed by atoms with van der Waals surface area (Å²) in [4.78, 5) is 26.9. The summed E-state index contributed by atoms with van der Waals surface area (Å²) in [5, 5.41) is 0. The average molecular weight is 351 g/mol. The Labute approximate surface area is 151 Å². The van der Waals surface area contributed by atoms with Crippen molar-refractivity contribution in [2.24, 2.45) is 5.92 Å².